The SMILES string of the molecule is CN1CCCC(CN(C)C(=O)C2CC23CCNCC3)C1.Cl.Cl. The number of piperidine rings is 2. The molecule has 1 spiro atoms. The highest BCUT2D eigenvalue weighted by Crippen LogP contribution is 2.59. The summed E-state index contributed by atoms with van der Waals surface area (Å²) in [6.07, 6.45) is 6.10. The summed E-state index contributed by atoms with van der Waals surface area (Å²) < 4.78 is 0. The summed E-state index contributed by atoms with van der Waals surface area (Å²) >= 11 is 0. The van der Waals surface area contributed by atoms with Gasteiger partial charge in [-0.15, -0.1) is 24.8 Å². The van der Waals surface area contributed by atoms with Gasteiger partial charge in [0.15, 0.2) is 0 Å². The van der Waals surface area contributed by atoms with Crippen LogP contribution < -0.4 is 5.32 Å². The first-order chi connectivity index (χ1) is 9.61. The summed E-state index contributed by atoms with van der Waals surface area (Å²) in [7, 11) is 4.21. The van der Waals surface area contributed by atoms with Crippen LogP contribution >= 0.6 is 24.8 Å². The smallest absolute Gasteiger partial charge is 0.226 e. The second-order valence-corrected chi connectivity index (χ2v) is 7.36. The molecule has 1 amide bonds. The molecule has 2 heterocycles. The van der Waals surface area contributed by atoms with Crippen molar-refractivity contribution < 1.29 is 4.79 Å². The van der Waals surface area contributed by atoms with Crippen LogP contribution in [0.15, 0.2) is 0 Å². The molecule has 0 aromatic rings. The third kappa shape index (κ3) is 4.28. The Morgan fingerprint density at radius 1 is 1.32 bits per heavy atom. The van der Waals surface area contributed by atoms with E-state index < -0.39 is 0 Å². The fraction of sp³-hybridized carbons (Fsp3) is 0.938. The Morgan fingerprint density at radius 3 is 2.64 bits per heavy atom. The van der Waals surface area contributed by atoms with Gasteiger partial charge in [0.25, 0.3) is 0 Å². The van der Waals surface area contributed by atoms with E-state index in [-0.39, 0.29) is 24.8 Å². The molecule has 2 unspecified atom stereocenters. The summed E-state index contributed by atoms with van der Waals surface area (Å²) in [5.41, 5.74) is 0.375. The van der Waals surface area contributed by atoms with E-state index in [2.05, 4.69) is 17.3 Å². The molecule has 1 aliphatic carbocycles. The lowest BCUT2D eigenvalue weighted by atomic mass is 9.91. The fourth-order valence-electron chi connectivity index (χ4n) is 4.34. The number of nitrogens with one attached hydrogen (secondary N) is 1. The predicted octanol–water partition coefficient (Wildman–Crippen LogP) is 2.02. The molecule has 0 radical (unpaired) electrons. The van der Waals surface area contributed by atoms with E-state index in [0.717, 1.165) is 32.6 Å². The molecular formula is C16H31Cl2N3O. The molecule has 2 aliphatic heterocycles. The van der Waals surface area contributed by atoms with Crippen molar-refractivity contribution >= 4 is 30.7 Å². The number of rotatable bonds is 3. The molecule has 0 bridgehead atoms. The van der Waals surface area contributed by atoms with Crippen LogP contribution in [0.1, 0.15) is 32.1 Å². The van der Waals surface area contributed by atoms with Crippen molar-refractivity contribution in [2.24, 2.45) is 17.3 Å². The molecule has 2 saturated heterocycles. The third-order valence-electron chi connectivity index (χ3n) is 5.72. The van der Waals surface area contributed by atoms with Crippen molar-refractivity contribution in [2.75, 3.05) is 46.8 Å². The maximum atomic E-state index is 12.6. The Labute approximate surface area is 147 Å². The van der Waals surface area contributed by atoms with Gasteiger partial charge in [-0.1, -0.05) is 0 Å². The molecule has 22 heavy (non-hydrogen) atoms. The molecule has 4 nitrogen and oxygen atoms in total. The largest absolute Gasteiger partial charge is 0.345 e. The zero-order valence-corrected chi connectivity index (χ0v) is 15.5. The molecule has 3 rings (SSSR count). The van der Waals surface area contributed by atoms with Gasteiger partial charge in [0.05, 0.1) is 0 Å². The molecule has 1 saturated carbocycles. The monoisotopic (exact) mass is 351 g/mol. The van der Waals surface area contributed by atoms with E-state index in [1.54, 1.807) is 0 Å². The molecule has 130 valence electrons. The molecule has 1 N–H and O–H groups in total. The Hall–Kier alpha value is -0.0300. The first-order valence-electron chi connectivity index (χ1n) is 8.25. The van der Waals surface area contributed by atoms with Crippen LogP contribution in [0.2, 0.25) is 0 Å². The van der Waals surface area contributed by atoms with E-state index in [4.69, 9.17) is 0 Å². The van der Waals surface area contributed by atoms with Crippen LogP contribution in [0.25, 0.3) is 0 Å². The van der Waals surface area contributed by atoms with Crippen molar-refractivity contribution in [3.63, 3.8) is 0 Å². The van der Waals surface area contributed by atoms with E-state index in [1.807, 2.05) is 11.9 Å². The third-order valence-corrected chi connectivity index (χ3v) is 5.72. The van der Waals surface area contributed by atoms with Crippen molar-refractivity contribution in [3.8, 4) is 0 Å². The van der Waals surface area contributed by atoms with Crippen LogP contribution in [-0.4, -0.2) is 62.5 Å². The van der Waals surface area contributed by atoms with E-state index in [1.165, 1.54) is 32.2 Å². The first kappa shape index (κ1) is 20.0. The second-order valence-electron chi connectivity index (χ2n) is 7.36. The number of carbonyl (C=O) groups is 1. The Kier molecular flexibility index (Phi) is 7.44. The van der Waals surface area contributed by atoms with E-state index in [0.29, 0.717) is 23.2 Å². The number of likely N-dealkylation sites (tertiary alicyclic amines) is 1. The van der Waals surface area contributed by atoms with Crippen LogP contribution in [-0.2, 0) is 4.79 Å². The number of hydrogen-bond acceptors (Lipinski definition) is 3. The fourth-order valence-corrected chi connectivity index (χ4v) is 4.34. The number of carbonyl (C=O) groups excluding carboxylic acids is 1. The van der Waals surface area contributed by atoms with Gasteiger partial charge in [0.1, 0.15) is 0 Å². The topological polar surface area (TPSA) is 35.6 Å². The minimum absolute atomic E-state index is 0. The maximum Gasteiger partial charge on any atom is 0.226 e. The van der Waals surface area contributed by atoms with E-state index in [9.17, 15) is 4.79 Å². The van der Waals surface area contributed by atoms with Crippen molar-refractivity contribution in [1.82, 2.24) is 15.1 Å². The number of amides is 1. The summed E-state index contributed by atoms with van der Waals surface area (Å²) in [6.45, 7) is 5.51. The molecule has 0 aromatic carbocycles. The van der Waals surface area contributed by atoms with Crippen molar-refractivity contribution in [2.45, 2.75) is 32.1 Å². The normalized spacial score (nSPS) is 30.1. The van der Waals surface area contributed by atoms with Crippen LogP contribution in [0.5, 0.6) is 0 Å². The highest BCUT2D eigenvalue weighted by atomic mass is 35.5. The summed E-state index contributed by atoms with van der Waals surface area (Å²) in [5.74, 6) is 1.42. The molecule has 2 atom stereocenters. The van der Waals surface area contributed by atoms with Crippen molar-refractivity contribution in [3.05, 3.63) is 0 Å². The van der Waals surface area contributed by atoms with Gasteiger partial charge in [-0.3, -0.25) is 4.79 Å². The number of nitrogens with zero attached hydrogens (tertiary/aromatic N) is 2. The van der Waals surface area contributed by atoms with Gasteiger partial charge in [-0.2, -0.15) is 0 Å². The van der Waals surface area contributed by atoms with Gasteiger partial charge in [-0.25, -0.2) is 0 Å². The standard InChI is InChI=1S/C16H29N3O.2ClH/c1-18-9-3-4-13(11-18)12-19(2)15(20)14-10-16(14)5-7-17-8-6-16;;/h13-14,17H,3-12H2,1-2H3;2*1H. The molecule has 3 aliphatic rings. The molecule has 3 fully saturated rings. The summed E-state index contributed by atoms with van der Waals surface area (Å²) in [6, 6.07) is 0. The van der Waals surface area contributed by atoms with Gasteiger partial charge in [0, 0.05) is 26.1 Å². The number of halogens is 2. The maximum absolute atomic E-state index is 12.6. The summed E-state index contributed by atoms with van der Waals surface area (Å²) in [5, 5.41) is 3.41. The van der Waals surface area contributed by atoms with Crippen LogP contribution in [0.4, 0.5) is 0 Å². The average Bonchev–Trinajstić information content (AvgIpc) is 3.12. The minimum atomic E-state index is 0. The van der Waals surface area contributed by atoms with E-state index >= 15 is 0 Å². The zero-order valence-electron chi connectivity index (χ0n) is 13.8. The molecule has 0 aromatic heterocycles. The predicted molar refractivity (Wildman–Crippen MR) is 95.0 cm³/mol. The highest BCUT2D eigenvalue weighted by Gasteiger charge is 2.58. The van der Waals surface area contributed by atoms with Crippen molar-refractivity contribution in [1.29, 1.82) is 0 Å². The Balaban J connectivity index is 0.00000121. The average molecular weight is 352 g/mol. The highest BCUT2D eigenvalue weighted by molar-refractivity contribution is 5.85. The quantitative estimate of drug-likeness (QED) is 0.844. The lowest BCUT2D eigenvalue weighted by Gasteiger charge is -2.33. The second kappa shape index (κ2) is 8.18. The van der Waals surface area contributed by atoms with Gasteiger partial charge < -0.3 is 15.1 Å². The van der Waals surface area contributed by atoms with Crippen LogP contribution in [0.3, 0.4) is 0 Å². The zero-order chi connectivity index (χ0) is 14.2. The van der Waals surface area contributed by atoms with Gasteiger partial charge in [-0.05, 0) is 70.1 Å². The molecule has 6 heteroatoms. The lowest BCUT2D eigenvalue weighted by Crippen LogP contribution is -2.41. The lowest BCUT2D eigenvalue weighted by molar-refractivity contribution is -0.133. The molecular weight excluding hydrogens is 321 g/mol. The van der Waals surface area contributed by atoms with Gasteiger partial charge >= 0.3 is 0 Å². The van der Waals surface area contributed by atoms with Crippen LogP contribution in [0, 0.1) is 17.3 Å². The van der Waals surface area contributed by atoms with Gasteiger partial charge in [0.2, 0.25) is 5.91 Å². The first-order valence-corrected chi connectivity index (χ1v) is 8.25. The Morgan fingerprint density at radius 2 is 2.00 bits per heavy atom. The minimum Gasteiger partial charge on any atom is -0.345 e. The Bertz CT molecular complexity index is 374. The number of hydrogen-bond donors (Lipinski definition) is 1. The summed E-state index contributed by atoms with van der Waals surface area (Å²) in [4.78, 5) is 17.1.